The smallest absolute Gasteiger partial charge is 0.261 e. The Morgan fingerprint density at radius 3 is 2.60 bits per heavy atom. The van der Waals surface area contributed by atoms with Crippen LogP contribution in [0.25, 0.3) is 0 Å². The molecule has 0 saturated heterocycles. The van der Waals surface area contributed by atoms with Crippen LogP contribution in [0.1, 0.15) is 22.5 Å². The molecule has 9 heteroatoms. The van der Waals surface area contributed by atoms with Gasteiger partial charge in [-0.2, -0.15) is 5.10 Å². The van der Waals surface area contributed by atoms with Gasteiger partial charge in [-0.1, -0.05) is 6.07 Å². The second kappa shape index (κ2) is 12.7. The number of aryl methyl sites for hydroxylation is 1. The molecule has 0 unspecified atom stereocenters. The van der Waals surface area contributed by atoms with Crippen molar-refractivity contribution in [3.8, 4) is 0 Å². The Hall–Kier alpha value is -1.62. The van der Waals surface area contributed by atoms with E-state index in [0.29, 0.717) is 6.54 Å². The Labute approximate surface area is 169 Å². The van der Waals surface area contributed by atoms with Gasteiger partial charge < -0.3 is 16.0 Å². The van der Waals surface area contributed by atoms with Crippen molar-refractivity contribution in [2.75, 3.05) is 26.7 Å². The van der Waals surface area contributed by atoms with Gasteiger partial charge in [0.25, 0.3) is 5.91 Å². The van der Waals surface area contributed by atoms with Crippen molar-refractivity contribution in [2.45, 2.75) is 19.4 Å². The third kappa shape index (κ3) is 8.34. The highest BCUT2D eigenvalue weighted by Crippen LogP contribution is 2.07. The fraction of sp³-hybridized carbons (Fsp3) is 0.438. The summed E-state index contributed by atoms with van der Waals surface area (Å²) in [5, 5.41) is 15.5. The number of amides is 1. The number of hydrogen-bond acceptors (Lipinski definition) is 4. The molecule has 0 aromatic carbocycles. The molecule has 0 atom stereocenters. The molecule has 138 valence electrons. The maximum atomic E-state index is 11.8. The van der Waals surface area contributed by atoms with Crippen LogP contribution in [0.15, 0.2) is 41.0 Å². The number of nitrogens with one attached hydrogen (secondary N) is 3. The van der Waals surface area contributed by atoms with Gasteiger partial charge in [0.1, 0.15) is 0 Å². The standard InChI is InChI=1S/C16H24N6OS.HI/c1-17-16(20-9-4-11-22-12-5-10-21-22)19-8-3-7-18-15(23)14-6-2-13-24-14;/h2,5-6,10,12-13H,3-4,7-9,11H2,1H3,(H,18,23)(H2,17,19,20);1H. The summed E-state index contributed by atoms with van der Waals surface area (Å²) >= 11 is 1.45. The molecule has 25 heavy (non-hydrogen) atoms. The van der Waals surface area contributed by atoms with Gasteiger partial charge in [-0.25, -0.2) is 0 Å². The molecule has 2 aromatic heterocycles. The van der Waals surface area contributed by atoms with E-state index >= 15 is 0 Å². The molecule has 0 fully saturated rings. The molecule has 2 heterocycles. The lowest BCUT2D eigenvalue weighted by Gasteiger charge is -2.12. The molecule has 2 aromatic rings. The second-order valence-electron chi connectivity index (χ2n) is 5.14. The maximum absolute atomic E-state index is 11.8. The number of nitrogens with zero attached hydrogens (tertiary/aromatic N) is 3. The van der Waals surface area contributed by atoms with Crippen LogP contribution in [0.5, 0.6) is 0 Å². The van der Waals surface area contributed by atoms with Crippen LogP contribution in [-0.4, -0.2) is 48.3 Å². The first-order valence-electron chi connectivity index (χ1n) is 8.03. The Bertz CT molecular complexity index is 615. The van der Waals surface area contributed by atoms with Crippen LogP contribution in [0.4, 0.5) is 0 Å². The molecule has 0 aliphatic rings. The zero-order valence-corrected chi connectivity index (χ0v) is 17.4. The lowest BCUT2D eigenvalue weighted by atomic mass is 10.4. The first-order valence-corrected chi connectivity index (χ1v) is 8.91. The summed E-state index contributed by atoms with van der Waals surface area (Å²) in [6.45, 7) is 3.10. The molecule has 2 rings (SSSR count). The lowest BCUT2D eigenvalue weighted by Crippen LogP contribution is -2.39. The first-order chi connectivity index (χ1) is 11.8. The number of thiophene rings is 1. The largest absolute Gasteiger partial charge is 0.356 e. The summed E-state index contributed by atoms with van der Waals surface area (Å²) in [7, 11) is 1.75. The minimum Gasteiger partial charge on any atom is -0.356 e. The van der Waals surface area contributed by atoms with E-state index in [1.165, 1.54) is 11.3 Å². The minimum atomic E-state index is -0.00821. The van der Waals surface area contributed by atoms with Crippen LogP contribution in [-0.2, 0) is 6.54 Å². The average Bonchev–Trinajstić information content (AvgIpc) is 3.29. The number of aliphatic imine (C=N–C) groups is 1. The number of hydrogen-bond donors (Lipinski definition) is 3. The van der Waals surface area contributed by atoms with E-state index in [-0.39, 0.29) is 29.9 Å². The summed E-state index contributed by atoms with van der Waals surface area (Å²) in [5.74, 6) is 0.770. The summed E-state index contributed by atoms with van der Waals surface area (Å²) in [6, 6.07) is 5.63. The molecular formula is C16H25IN6OS. The summed E-state index contributed by atoms with van der Waals surface area (Å²) in [5.41, 5.74) is 0. The Morgan fingerprint density at radius 1 is 1.20 bits per heavy atom. The van der Waals surface area contributed by atoms with Crippen molar-refractivity contribution >= 4 is 47.2 Å². The number of aromatic nitrogens is 2. The van der Waals surface area contributed by atoms with E-state index in [4.69, 9.17) is 0 Å². The molecule has 0 spiro atoms. The van der Waals surface area contributed by atoms with Crippen molar-refractivity contribution in [2.24, 2.45) is 4.99 Å². The molecule has 0 saturated carbocycles. The summed E-state index contributed by atoms with van der Waals surface area (Å²) in [4.78, 5) is 16.7. The molecular weight excluding hydrogens is 451 g/mol. The Morgan fingerprint density at radius 2 is 1.96 bits per heavy atom. The monoisotopic (exact) mass is 476 g/mol. The topological polar surface area (TPSA) is 83.3 Å². The van der Waals surface area contributed by atoms with Crippen LogP contribution in [0, 0.1) is 0 Å². The number of carbonyl (C=O) groups is 1. The third-order valence-electron chi connectivity index (χ3n) is 3.32. The van der Waals surface area contributed by atoms with Crippen molar-refractivity contribution in [3.63, 3.8) is 0 Å². The molecule has 0 aliphatic carbocycles. The summed E-state index contributed by atoms with van der Waals surface area (Å²) in [6.07, 6.45) is 5.55. The molecule has 0 bridgehead atoms. The van der Waals surface area contributed by atoms with E-state index in [1.807, 2.05) is 34.5 Å². The van der Waals surface area contributed by atoms with Gasteiger partial charge in [-0.3, -0.25) is 14.5 Å². The number of rotatable bonds is 9. The SMILES string of the molecule is CN=C(NCCCNC(=O)c1cccs1)NCCCn1cccn1.I. The van der Waals surface area contributed by atoms with E-state index in [9.17, 15) is 4.79 Å². The third-order valence-corrected chi connectivity index (χ3v) is 4.18. The van der Waals surface area contributed by atoms with Crippen molar-refractivity contribution < 1.29 is 4.79 Å². The average molecular weight is 476 g/mol. The zero-order chi connectivity index (χ0) is 17.0. The van der Waals surface area contributed by atoms with Crippen LogP contribution in [0.3, 0.4) is 0 Å². The fourth-order valence-electron chi connectivity index (χ4n) is 2.09. The highest BCUT2D eigenvalue weighted by molar-refractivity contribution is 14.0. The Kier molecular flexibility index (Phi) is 10.9. The predicted molar refractivity (Wildman–Crippen MR) is 113 cm³/mol. The normalized spacial score (nSPS) is 10.8. The quantitative estimate of drug-likeness (QED) is 0.224. The van der Waals surface area contributed by atoms with Gasteiger partial charge in [0.2, 0.25) is 0 Å². The van der Waals surface area contributed by atoms with Crippen LogP contribution >= 0.6 is 35.3 Å². The predicted octanol–water partition coefficient (Wildman–Crippen LogP) is 1.94. The minimum absolute atomic E-state index is 0. The maximum Gasteiger partial charge on any atom is 0.261 e. The van der Waals surface area contributed by atoms with Gasteiger partial charge in [0, 0.05) is 45.6 Å². The number of halogens is 1. The number of guanidine groups is 1. The van der Waals surface area contributed by atoms with Crippen LogP contribution in [0.2, 0.25) is 0 Å². The fourth-order valence-corrected chi connectivity index (χ4v) is 2.73. The molecule has 0 aliphatic heterocycles. The van der Waals surface area contributed by atoms with E-state index in [0.717, 1.165) is 43.3 Å². The second-order valence-corrected chi connectivity index (χ2v) is 6.08. The Balaban J connectivity index is 0.00000312. The molecule has 0 radical (unpaired) electrons. The zero-order valence-electron chi connectivity index (χ0n) is 14.3. The van der Waals surface area contributed by atoms with Gasteiger partial charge in [-0.05, 0) is 30.4 Å². The van der Waals surface area contributed by atoms with E-state index < -0.39 is 0 Å². The van der Waals surface area contributed by atoms with Gasteiger partial charge in [0.05, 0.1) is 4.88 Å². The van der Waals surface area contributed by atoms with Crippen LogP contribution < -0.4 is 16.0 Å². The lowest BCUT2D eigenvalue weighted by molar-refractivity contribution is 0.0957. The highest BCUT2D eigenvalue weighted by Gasteiger charge is 2.04. The van der Waals surface area contributed by atoms with Crippen molar-refractivity contribution in [1.29, 1.82) is 0 Å². The van der Waals surface area contributed by atoms with Crippen molar-refractivity contribution in [1.82, 2.24) is 25.7 Å². The van der Waals surface area contributed by atoms with E-state index in [1.54, 1.807) is 13.2 Å². The molecule has 7 nitrogen and oxygen atoms in total. The van der Waals surface area contributed by atoms with Gasteiger partial charge in [-0.15, -0.1) is 35.3 Å². The number of carbonyl (C=O) groups excluding carboxylic acids is 1. The molecule has 3 N–H and O–H groups in total. The highest BCUT2D eigenvalue weighted by atomic mass is 127. The summed E-state index contributed by atoms with van der Waals surface area (Å²) < 4.78 is 1.91. The van der Waals surface area contributed by atoms with E-state index in [2.05, 4.69) is 26.0 Å². The van der Waals surface area contributed by atoms with Gasteiger partial charge in [0.15, 0.2) is 5.96 Å². The van der Waals surface area contributed by atoms with Crippen molar-refractivity contribution in [3.05, 3.63) is 40.8 Å². The molecule has 1 amide bonds. The van der Waals surface area contributed by atoms with Gasteiger partial charge >= 0.3 is 0 Å². The first kappa shape index (κ1) is 21.4.